The number of rotatable bonds is 3. The summed E-state index contributed by atoms with van der Waals surface area (Å²) in [6.07, 6.45) is 1.52. The van der Waals surface area contributed by atoms with Gasteiger partial charge < -0.3 is 15.8 Å². The molecule has 0 heterocycles. The van der Waals surface area contributed by atoms with E-state index in [-0.39, 0.29) is 5.11 Å². The van der Waals surface area contributed by atoms with Crippen LogP contribution in [0.5, 0.6) is 0 Å². The van der Waals surface area contributed by atoms with Gasteiger partial charge in [-0.15, -0.1) is 0 Å². The van der Waals surface area contributed by atoms with E-state index in [1.807, 2.05) is 0 Å². The second kappa shape index (κ2) is 5.45. The molecule has 0 aliphatic heterocycles. The molecule has 78 valence electrons. The van der Waals surface area contributed by atoms with Crippen molar-refractivity contribution in [2.45, 2.75) is 0 Å². The molecule has 0 amide bonds. The lowest BCUT2D eigenvalue weighted by Crippen LogP contribution is -2.29. The van der Waals surface area contributed by atoms with E-state index in [0.717, 1.165) is 5.56 Å². The largest absolute Gasteiger partial charge is 0.488 e. The van der Waals surface area contributed by atoms with Gasteiger partial charge in [0, 0.05) is 0 Å². The summed E-state index contributed by atoms with van der Waals surface area (Å²) in [4.78, 5) is 0. The molecular weight excluding hydrogens is 213 g/mol. The molecule has 0 radical (unpaired) electrons. The Hall–Kier alpha value is -1.44. The van der Waals surface area contributed by atoms with Crippen LogP contribution in [0.25, 0.3) is 0 Å². The summed E-state index contributed by atoms with van der Waals surface area (Å²) in [6.45, 7) is 0. The predicted octanol–water partition coefficient (Wildman–Crippen LogP) is -1.47. The summed E-state index contributed by atoms with van der Waals surface area (Å²) in [7, 11) is -1.45. The van der Waals surface area contributed by atoms with E-state index in [1.54, 1.807) is 24.3 Å². The Morgan fingerprint density at radius 3 is 2.47 bits per heavy atom. The highest BCUT2D eigenvalue weighted by molar-refractivity contribution is 7.80. The molecule has 5 nitrogen and oxygen atoms in total. The summed E-state index contributed by atoms with van der Waals surface area (Å²) in [5.41, 5.74) is 8.79. The van der Waals surface area contributed by atoms with E-state index in [1.165, 1.54) is 6.21 Å². The molecule has 0 aliphatic rings. The SMILES string of the molecule is NC(=S)N/N=C/c1ccc(B(O)O)cc1. The number of nitrogens with zero attached hydrogens (tertiary/aromatic N) is 1. The number of hydrazone groups is 1. The Bertz CT molecular complexity index is 367. The molecule has 0 atom stereocenters. The zero-order valence-corrected chi connectivity index (χ0v) is 8.61. The summed E-state index contributed by atoms with van der Waals surface area (Å²) < 4.78 is 0. The minimum Gasteiger partial charge on any atom is -0.423 e. The van der Waals surface area contributed by atoms with Gasteiger partial charge in [0.25, 0.3) is 0 Å². The van der Waals surface area contributed by atoms with Crippen LogP contribution in [-0.2, 0) is 0 Å². The number of thiocarbonyl (C=S) groups is 1. The fourth-order valence-corrected chi connectivity index (χ4v) is 0.977. The van der Waals surface area contributed by atoms with Crippen molar-refractivity contribution in [3.8, 4) is 0 Å². The lowest BCUT2D eigenvalue weighted by atomic mass is 9.80. The maximum absolute atomic E-state index is 8.84. The first-order chi connectivity index (χ1) is 7.09. The van der Waals surface area contributed by atoms with Gasteiger partial charge in [-0.2, -0.15) is 5.10 Å². The standard InChI is InChI=1S/C8H10BN3O2S/c10-8(15)12-11-5-6-1-3-7(4-2-6)9(13)14/h1-5,13-14H,(H3,10,12,15)/b11-5+. The van der Waals surface area contributed by atoms with Crippen LogP contribution >= 0.6 is 12.2 Å². The third kappa shape index (κ3) is 4.07. The van der Waals surface area contributed by atoms with Gasteiger partial charge in [0.05, 0.1) is 6.21 Å². The molecule has 0 aromatic heterocycles. The van der Waals surface area contributed by atoms with E-state index in [4.69, 9.17) is 15.8 Å². The average molecular weight is 223 g/mol. The minimum atomic E-state index is -1.45. The highest BCUT2D eigenvalue weighted by Gasteiger charge is 2.08. The maximum atomic E-state index is 8.84. The van der Waals surface area contributed by atoms with E-state index in [9.17, 15) is 0 Å². The van der Waals surface area contributed by atoms with Gasteiger partial charge in [-0.3, -0.25) is 5.43 Å². The van der Waals surface area contributed by atoms with Crippen LogP contribution in [0.3, 0.4) is 0 Å². The molecule has 0 unspecified atom stereocenters. The van der Waals surface area contributed by atoms with E-state index in [2.05, 4.69) is 22.7 Å². The molecule has 1 aromatic rings. The van der Waals surface area contributed by atoms with Crippen molar-refractivity contribution in [3.05, 3.63) is 29.8 Å². The van der Waals surface area contributed by atoms with E-state index >= 15 is 0 Å². The Kier molecular flexibility index (Phi) is 4.23. The molecule has 0 bridgehead atoms. The topological polar surface area (TPSA) is 90.9 Å². The number of benzene rings is 1. The van der Waals surface area contributed by atoms with Crippen molar-refractivity contribution in [3.63, 3.8) is 0 Å². The third-order valence-corrected chi connectivity index (χ3v) is 1.71. The van der Waals surface area contributed by atoms with Gasteiger partial charge in [-0.05, 0) is 23.2 Å². The van der Waals surface area contributed by atoms with Crippen LogP contribution < -0.4 is 16.6 Å². The molecule has 0 spiro atoms. The number of nitrogens with one attached hydrogen (secondary N) is 1. The first-order valence-electron chi connectivity index (χ1n) is 4.14. The minimum absolute atomic E-state index is 0.0913. The summed E-state index contributed by atoms with van der Waals surface area (Å²) in [5.74, 6) is 0. The van der Waals surface area contributed by atoms with Gasteiger partial charge in [0.1, 0.15) is 0 Å². The Morgan fingerprint density at radius 2 is 2.00 bits per heavy atom. The van der Waals surface area contributed by atoms with Gasteiger partial charge in [0.15, 0.2) is 5.11 Å². The molecule has 5 N–H and O–H groups in total. The van der Waals surface area contributed by atoms with E-state index in [0.29, 0.717) is 5.46 Å². The van der Waals surface area contributed by atoms with E-state index < -0.39 is 7.12 Å². The zero-order chi connectivity index (χ0) is 11.3. The Morgan fingerprint density at radius 1 is 1.40 bits per heavy atom. The van der Waals surface area contributed by atoms with Crippen LogP contribution in [0.2, 0.25) is 0 Å². The van der Waals surface area contributed by atoms with Crippen LogP contribution in [0, 0.1) is 0 Å². The van der Waals surface area contributed by atoms with Crippen molar-refractivity contribution in [1.82, 2.24) is 5.43 Å². The maximum Gasteiger partial charge on any atom is 0.488 e. The third-order valence-electron chi connectivity index (χ3n) is 1.62. The fourth-order valence-electron chi connectivity index (χ4n) is 0.925. The van der Waals surface area contributed by atoms with Crippen molar-refractivity contribution < 1.29 is 10.0 Å². The molecule has 15 heavy (non-hydrogen) atoms. The quantitative estimate of drug-likeness (QED) is 0.217. The molecule has 1 rings (SSSR count). The van der Waals surface area contributed by atoms with Crippen LogP contribution in [0.1, 0.15) is 5.56 Å². The van der Waals surface area contributed by atoms with Crippen molar-refractivity contribution in [2.75, 3.05) is 0 Å². The molecule has 0 aliphatic carbocycles. The first kappa shape index (κ1) is 11.6. The molecule has 0 saturated heterocycles. The van der Waals surface area contributed by atoms with Crippen molar-refractivity contribution >= 4 is 36.1 Å². The molecule has 1 aromatic carbocycles. The van der Waals surface area contributed by atoms with Crippen molar-refractivity contribution in [2.24, 2.45) is 10.8 Å². The molecule has 7 heteroatoms. The van der Waals surface area contributed by atoms with Gasteiger partial charge in [-0.25, -0.2) is 0 Å². The summed E-state index contributed by atoms with van der Waals surface area (Å²) in [6, 6.07) is 6.57. The number of nitrogens with two attached hydrogens (primary N) is 1. The smallest absolute Gasteiger partial charge is 0.423 e. The lowest BCUT2D eigenvalue weighted by molar-refractivity contribution is 0.426. The van der Waals surface area contributed by atoms with Gasteiger partial charge in [0.2, 0.25) is 0 Å². The highest BCUT2D eigenvalue weighted by atomic mass is 32.1. The van der Waals surface area contributed by atoms with Crippen LogP contribution in [-0.4, -0.2) is 28.5 Å². The van der Waals surface area contributed by atoms with Crippen LogP contribution in [0.15, 0.2) is 29.4 Å². The zero-order valence-electron chi connectivity index (χ0n) is 7.79. The Balaban J connectivity index is 2.64. The fraction of sp³-hybridized carbons (Fsp3) is 0. The second-order valence-corrected chi connectivity index (χ2v) is 3.21. The Labute approximate surface area is 92.8 Å². The molecular formula is C8H10BN3O2S. The second-order valence-electron chi connectivity index (χ2n) is 2.77. The highest BCUT2D eigenvalue weighted by Crippen LogP contribution is 1.93. The normalized spacial score (nSPS) is 10.3. The summed E-state index contributed by atoms with van der Waals surface area (Å²) in [5, 5.41) is 21.5. The first-order valence-corrected chi connectivity index (χ1v) is 4.55. The number of hydrogen-bond acceptors (Lipinski definition) is 4. The van der Waals surface area contributed by atoms with Crippen molar-refractivity contribution in [1.29, 1.82) is 0 Å². The summed E-state index contributed by atoms with van der Waals surface area (Å²) >= 11 is 4.55. The average Bonchev–Trinajstić information content (AvgIpc) is 2.18. The predicted molar refractivity (Wildman–Crippen MR) is 63.8 cm³/mol. The van der Waals surface area contributed by atoms with Gasteiger partial charge >= 0.3 is 7.12 Å². The molecule has 0 saturated carbocycles. The monoisotopic (exact) mass is 223 g/mol. The van der Waals surface area contributed by atoms with Crippen LogP contribution in [0.4, 0.5) is 0 Å². The lowest BCUT2D eigenvalue weighted by Gasteiger charge is -1.99. The molecule has 0 fully saturated rings. The number of hydrogen-bond donors (Lipinski definition) is 4. The van der Waals surface area contributed by atoms with Gasteiger partial charge in [-0.1, -0.05) is 24.3 Å².